The minimum absolute atomic E-state index is 0.204. The van der Waals surface area contributed by atoms with E-state index in [1.165, 1.54) is 0 Å². The van der Waals surface area contributed by atoms with E-state index >= 15 is 0 Å². The lowest BCUT2D eigenvalue weighted by atomic mass is 9.85. The van der Waals surface area contributed by atoms with Gasteiger partial charge in [0.25, 0.3) is 0 Å². The van der Waals surface area contributed by atoms with Crippen LogP contribution in [0, 0.1) is 11.3 Å². The Kier molecular flexibility index (Phi) is 1.99. The second-order valence-corrected chi connectivity index (χ2v) is 3.89. The van der Waals surface area contributed by atoms with Crippen LogP contribution in [0.1, 0.15) is 13.3 Å². The molecule has 5 nitrogen and oxygen atoms in total. The van der Waals surface area contributed by atoms with Crippen molar-refractivity contribution in [3.8, 4) is 0 Å². The quantitative estimate of drug-likeness (QED) is 0.605. The van der Waals surface area contributed by atoms with Gasteiger partial charge in [0.05, 0.1) is 12.5 Å². The Morgan fingerprint density at radius 3 is 2.79 bits per heavy atom. The molecule has 2 fully saturated rings. The highest BCUT2D eigenvalue weighted by molar-refractivity contribution is 5.84. The lowest BCUT2D eigenvalue weighted by Gasteiger charge is -2.36. The van der Waals surface area contributed by atoms with Gasteiger partial charge in [-0.1, -0.05) is 0 Å². The fourth-order valence-electron chi connectivity index (χ4n) is 2.20. The van der Waals surface area contributed by atoms with Crippen LogP contribution in [0.15, 0.2) is 0 Å². The van der Waals surface area contributed by atoms with Gasteiger partial charge < -0.3 is 15.2 Å². The monoisotopic (exact) mass is 199 g/mol. The lowest BCUT2D eigenvalue weighted by Crippen LogP contribution is -2.60. The summed E-state index contributed by atoms with van der Waals surface area (Å²) in [4.78, 5) is 22.1. The van der Waals surface area contributed by atoms with Gasteiger partial charge in [-0.2, -0.15) is 0 Å². The largest absolute Gasteiger partial charge is 0.480 e. The molecule has 0 aromatic heterocycles. The van der Waals surface area contributed by atoms with E-state index in [4.69, 9.17) is 9.84 Å². The molecule has 0 bridgehead atoms. The molecule has 0 aromatic carbocycles. The molecule has 78 valence electrons. The number of carbonyl (C=O) groups is 2. The maximum absolute atomic E-state index is 11.3. The molecule has 2 N–H and O–H groups in total. The van der Waals surface area contributed by atoms with Crippen LogP contribution in [0.5, 0.6) is 0 Å². The second-order valence-electron chi connectivity index (χ2n) is 3.89. The maximum atomic E-state index is 11.3. The first-order valence-electron chi connectivity index (χ1n) is 4.74. The van der Waals surface area contributed by atoms with Crippen molar-refractivity contribution >= 4 is 11.9 Å². The number of carboxylic acid groups (broad SMARTS) is 1. The summed E-state index contributed by atoms with van der Waals surface area (Å²) in [6, 6.07) is -0.558. The molecule has 1 spiro atoms. The Morgan fingerprint density at radius 2 is 2.36 bits per heavy atom. The third-order valence-corrected chi connectivity index (χ3v) is 3.15. The molecule has 14 heavy (non-hydrogen) atoms. The zero-order chi connectivity index (χ0) is 10.3. The highest BCUT2D eigenvalue weighted by Crippen LogP contribution is 2.59. The van der Waals surface area contributed by atoms with E-state index in [0.717, 1.165) is 0 Å². The standard InChI is InChI=1S/C9H13NO4/c1-2-14-8(13)5-3-9(5)4-10-6(9)7(11)12/h5-6,10H,2-4H2,1H3,(H,11,12)/t5-,6+,9-/m0/s1. The van der Waals surface area contributed by atoms with Crippen LogP contribution in [-0.4, -0.2) is 36.2 Å². The molecule has 1 saturated heterocycles. The van der Waals surface area contributed by atoms with Gasteiger partial charge in [0.2, 0.25) is 0 Å². The summed E-state index contributed by atoms with van der Waals surface area (Å²) in [6.07, 6.45) is 0.649. The Bertz CT molecular complexity index is 291. The van der Waals surface area contributed by atoms with Crippen molar-refractivity contribution in [3.05, 3.63) is 0 Å². The van der Waals surface area contributed by atoms with E-state index in [9.17, 15) is 9.59 Å². The zero-order valence-electron chi connectivity index (χ0n) is 7.95. The van der Waals surface area contributed by atoms with Crippen LogP contribution in [0.4, 0.5) is 0 Å². The number of carbonyl (C=O) groups excluding carboxylic acids is 1. The fourth-order valence-corrected chi connectivity index (χ4v) is 2.20. The Morgan fingerprint density at radius 1 is 1.64 bits per heavy atom. The molecule has 1 aliphatic heterocycles. The van der Waals surface area contributed by atoms with Gasteiger partial charge >= 0.3 is 11.9 Å². The first-order chi connectivity index (χ1) is 6.62. The summed E-state index contributed by atoms with van der Waals surface area (Å²) in [5.74, 6) is -1.33. The maximum Gasteiger partial charge on any atom is 0.321 e. The number of nitrogens with one attached hydrogen (secondary N) is 1. The van der Waals surface area contributed by atoms with Crippen LogP contribution < -0.4 is 5.32 Å². The average Bonchev–Trinajstić information content (AvgIpc) is 2.77. The normalized spacial score (nSPS) is 38.9. The number of hydrogen-bond acceptors (Lipinski definition) is 4. The summed E-state index contributed by atoms with van der Waals surface area (Å²) >= 11 is 0. The first kappa shape index (κ1) is 9.45. The minimum Gasteiger partial charge on any atom is -0.480 e. The van der Waals surface area contributed by atoms with Crippen LogP contribution in [-0.2, 0) is 14.3 Å². The van der Waals surface area contributed by atoms with Crippen molar-refractivity contribution in [2.24, 2.45) is 11.3 Å². The van der Waals surface area contributed by atoms with Gasteiger partial charge in [0.1, 0.15) is 6.04 Å². The number of esters is 1. The number of ether oxygens (including phenoxy) is 1. The molecule has 0 amide bonds. The smallest absolute Gasteiger partial charge is 0.321 e. The van der Waals surface area contributed by atoms with Crippen molar-refractivity contribution in [1.29, 1.82) is 0 Å². The van der Waals surface area contributed by atoms with Gasteiger partial charge in [-0.15, -0.1) is 0 Å². The highest BCUT2D eigenvalue weighted by atomic mass is 16.5. The average molecular weight is 199 g/mol. The molecule has 0 aromatic rings. The molecule has 1 saturated carbocycles. The molecule has 0 unspecified atom stereocenters. The van der Waals surface area contributed by atoms with E-state index in [-0.39, 0.29) is 17.3 Å². The van der Waals surface area contributed by atoms with Gasteiger partial charge in [-0.3, -0.25) is 9.59 Å². The number of carboxylic acids is 1. The summed E-state index contributed by atoms with van der Waals surface area (Å²) in [6.45, 7) is 2.73. The Balaban J connectivity index is 1.97. The Hall–Kier alpha value is -1.10. The molecule has 5 heteroatoms. The van der Waals surface area contributed by atoms with Crippen molar-refractivity contribution in [2.45, 2.75) is 19.4 Å². The SMILES string of the molecule is CCOC(=O)[C@@H]1C[C@]12CN[C@@H]2C(=O)O. The number of rotatable bonds is 3. The van der Waals surface area contributed by atoms with Crippen LogP contribution in [0.3, 0.4) is 0 Å². The first-order valence-corrected chi connectivity index (χ1v) is 4.74. The molecular formula is C9H13NO4. The predicted molar refractivity (Wildman–Crippen MR) is 46.6 cm³/mol. The van der Waals surface area contributed by atoms with Gasteiger partial charge in [0, 0.05) is 12.0 Å². The van der Waals surface area contributed by atoms with E-state index in [1.54, 1.807) is 6.92 Å². The van der Waals surface area contributed by atoms with Crippen molar-refractivity contribution in [3.63, 3.8) is 0 Å². The molecule has 1 heterocycles. The minimum atomic E-state index is -0.872. The summed E-state index contributed by atoms with van der Waals surface area (Å²) in [5.41, 5.74) is -0.335. The van der Waals surface area contributed by atoms with E-state index in [0.29, 0.717) is 19.6 Å². The van der Waals surface area contributed by atoms with Gasteiger partial charge in [-0.05, 0) is 13.3 Å². The van der Waals surface area contributed by atoms with E-state index in [2.05, 4.69) is 5.32 Å². The zero-order valence-corrected chi connectivity index (χ0v) is 7.95. The van der Waals surface area contributed by atoms with Crippen LogP contribution >= 0.6 is 0 Å². The molecule has 0 radical (unpaired) electrons. The predicted octanol–water partition coefficient (Wildman–Crippen LogP) is -0.388. The molecule has 2 rings (SSSR count). The van der Waals surface area contributed by atoms with Crippen LogP contribution in [0.25, 0.3) is 0 Å². The van der Waals surface area contributed by atoms with Crippen LogP contribution in [0.2, 0.25) is 0 Å². The third kappa shape index (κ3) is 1.12. The topological polar surface area (TPSA) is 75.6 Å². The third-order valence-electron chi connectivity index (χ3n) is 3.15. The highest BCUT2D eigenvalue weighted by Gasteiger charge is 2.70. The van der Waals surface area contributed by atoms with E-state index < -0.39 is 12.0 Å². The number of aliphatic carboxylic acids is 1. The number of hydrogen-bond donors (Lipinski definition) is 2. The molecular weight excluding hydrogens is 186 g/mol. The molecule has 1 aliphatic carbocycles. The molecule has 3 atom stereocenters. The summed E-state index contributed by atoms with van der Waals surface area (Å²) < 4.78 is 4.87. The van der Waals surface area contributed by atoms with Crippen molar-refractivity contribution in [2.75, 3.05) is 13.2 Å². The van der Waals surface area contributed by atoms with Crippen molar-refractivity contribution in [1.82, 2.24) is 5.32 Å². The fraction of sp³-hybridized carbons (Fsp3) is 0.778. The summed E-state index contributed by atoms with van der Waals surface area (Å²) in [7, 11) is 0. The molecule has 2 aliphatic rings. The lowest BCUT2D eigenvalue weighted by molar-refractivity contribution is -0.149. The second kappa shape index (κ2) is 2.95. The van der Waals surface area contributed by atoms with E-state index in [1.807, 2.05) is 0 Å². The van der Waals surface area contributed by atoms with Gasteiger partial charge in [0.15, 0.2) is 0 Å². The Labute approximate surface area is 81.4 Å². The van der Waals surface area contributed by atoms with Gasteiger partial charge in [-0.25, -0.2) is 0 Å². The van der Waals surface area contributed by atoms with Crippen molar-refractivity contribution < 1.29 is 19.4 Å². The summed E-state index contributed by atoms with van der Waals surface area (Å²) in [5, 5.41) is 11.6.